The van der Waals surface area contributed by atoms with Crippen molar-refractivity contribution in [3.05, 3.63) is 45.5 Å². The van der Waals surface area contributed by atoms with Gasteiger partial charge >= 0.3 is 5.97 Å². The lowest BCUT2D eigenvalue weighted by Crippen LogP contribution is -2.45. The number of esters is 1. The third-order valence-electron chi connectivity index (χ3n) is 3.33. The molecule has 0 bridgehead atoms. The lowest BCUT2D eigenvalue weighted by Gasteiger charge is -2.26. The summed E-state index contributed by atoms with van der Waals surface area (Å²) in [6.07, 6.45) is 0.366. The van der Waals surface area contributed by atoms with Crippen molar-refractivity contribution in [1.29, 1.82) is 0 Å². The van der Waals surface area contributed by atoms with E-state index in [0.717, 1.165) is 0 Å². The highest BCUT2D eigenvalue weighted by atomic mass is 16.6. The average Bonchev–Trinajstić information content (AvgIpc) is 2.46. The summed E-state index contributed by atoms with van der Waals surface area (Å²) in [4.78, 5) is 33.4. The average molecular weight is 278 g/mol. The number of hydrogen-bond acceptors (Lipinski definition) is 5. The predicted octanol–water partition coefficient (Wildman–Crippen LogP) is 1.07. The molecule has 1 saturated heterocycles. The Labute approximate surface area is 115 Å². The van der Waals surface area contributed by atoms with Gasteiger partial charge in [-0.25, -0.2) is 4.79 Å². The molecule has 1 heterocycles. The van der Waals surface area contributed by atoms with E-state index in [4.69, 9.17) is 0 Å². The number of hydrogen-bond donors (Lipinski definition) is 1. The molecule has 0 radical (unpaired) electrons. The van der Waals surface area contributed by atoms with Crippen molar-refractivity contribution in [3.8, 4) is 0 Å². The molecule has 1 aromatic rings. The van der Waals surface area contributed by atoms with Crippen LogP contribution in [0.25, 0.3) is 0 Å². The van der Waals surface area contributed by atoms with Gasteiger partial charge in [-0.3, -0.25) is 14.9 Å². The summed E-state index contributed by atoms with van der Waals surface area (Å²) < 4.78 is 4.58. The molecular formula is C13H14N2O5. The molecule has 106 valence electrons. The van der Waals surface area contributed by atoms with Gasteiger partial charge in [0, 0.05) is 17.8 Å². The molecule has 1 amide bonds. The van der Waals surface area contributed by atoms with Crippen LogP contribution in [0.15, 0.2) is 24.3 Å². The number of ether oxygens (including phenoxy) is 1. The maximum atomic E-state index is 11.4. The molecule has 7 heteroatoms. The van der Waals surface area contributed by atoms with Gasteiger partial charge in [0.25, 0.3) is 0 Å². The molecule has 0 spiro atoms. The smallest absolute Gasteiger partial charge is 0.337 e. The Hall–Kier alpha value is -2.44. The van der Waals surface area contributed by atoms with Crippen molar-refractivity contribution in [2.45, 2.75) is 24.9 Å². The zero-order valence-electron chi connectivity index (χ0n) is 10.9. The lowest BCUT2D eigenvalue weighted by atomic mass is 9.92. The lowest BCUT2D eigenvalue weighted by molar-refractivity contribution is -0.529. The van der Waals surface area contributed by atoms with E-state index >= 15 is 0 Å². The molecule has 0 aromatic heterocycles. The van der Waals surface area contributed by atoms with Gasteiger partial charge in [0.15, 0.2) is 0 Å². The van der Waals surface area contributed by atoms with Gasteiger partial charge < -0.3 is 10.1 Å². The highest BCUT2D eigenvalue weighted by Crippen LogP contribution is 2.26. The first kappa shape index (κ1) is 14.0. The Balaban J connectivity index is 2.25. The quantitative estimate of drug-likeness (QED) is 0.506. The van der Waals surface area contributed by atoms with Crippen LogP contribution in [0, 0.1) is 10.1 Å². The van der Waals surface area contributed by atoms with E-state index in [-0.39, 0.29) is 23.7 Å². The summed E-state index contributed by atoms with van der Waals surface area (Å²) in [5, 5.41) is 13.7. The number of nitrogens with zero attached hydrogens (tertiary/aromatic N) is 1. The fourth-order valence-electron chi connectivity index (χ4n) is 2.26. The molecule has 1 aliphatic heterocycles. The number of benzene rings is 1. The molecule has 0 unspecified atom stereocenters. The maximum absolute atomic E-state index is 11.4. The second-order valence-corrected chi connectivity index (χ2v) is 4.55. The number of piperidine rings is 1. The second kappa shape index (κ2) is 5.68. The van der Waals surface area contributed by atoms with Crippen LogP contribution >= 0.6 is 0 Å². The Bertz CT molecular complexity index is 540. The number of carbonyl (C=O) groups is 2. The van der Waals surface area contributed by atoms with E-state index < -0.39 is 18.1 Å². The Morgan fingerprint density at radius 2 is 2.05 bits per heavy atom. The molecule has 1 N–H and O–H groups in total. The Kier molecular flexibility index (Phi) is 3.97. The molecule has 7 nitrogen and oxygen atoms in total. The van der Waals surface area contributed by atoms with E-state index in [1.165, 1.54) is 19.2 Å². The van der Waals surface area contributed by atoms with Crippen LogP contribution in [-0.2, 0) is 9.53 Å². The van der Waals surface area contributed by atoms with Crippen LogP contribution in [0.3, 0.4) is 0 Å². The van der Waals surface area contributed by atoms with E-state index in [1.807, 2.05) is 0 Å². The van der Waals surface area contributed by atoms with Crippen LogP contribution < -0.4 is 5.32 Å². The minimum absolute atomic E-state index is 0.155. The van der Waals surface area contributed by atoms with Crippen LogP contribution in [0.4, 0.5) is 0 Å². The molecule has 1 fully saturated rings. The summed E-state index contributed by atoms with van der Waals surface area (Å²) in [7, 11) is 1.28. The van der Waals surface area contributed by atoms with E-state index in [2.05, 4.69) is 10.1 Å². The first-order chi connectivity index (χ1) is 9.52. The highest BCUT2D eigenvalue weighted by molar-refractivity contribution is 5.89. The third kappa shape index (κ3) is 2.76. The molecular weight excluding hydrogens is 264 g/mol. The Morgan fingerprint density at radius 1 is 1.40 bits per heavy atom. The normalized spacial score (nSPS) is 21.9. The molecule has 2 rings (SSSR count). The van der Waals surface area contributed by atoms with E-state index in [9.17, 15) is 19.7 Å². The van der Waals surface area contributed by atoms with E-state index in [0.29, 0.717) is 11.1 Å². The van der Waals surface area contributed by atoms with Crippen molar-refractivity contribution < 1.29 is 19.2 Å². The first-order valence-corrected chi connectivity index (χ1v) is 6.14. The standard InChI is InChI=1S/C13H14N2O5/c1-20-13(17)9-4-2-8(3-5-9)12-10(15(18)19)6-7-11(16)14-12/h2-5,10,12H,6-7H2,1H3,(H,14,16)/t10-,12-/m0/s1. The monoisotopic (exact) mass is 278 g/mol. The topological polar surface area (TPSA) is 98.5 Å². The number of carbonyl (C=O) groups excluding carboxylic acids is 2. The van der Waals surface area contributed by atoms with Crippen LogP contribution in [0.1, 0.15) is 34.8 Å². The fourth-order valence-corrected chi connectivity index (χ4v) is 2.26. The molecule has 0 saturated carbocycles. The number of nitro groups is 1. The number of nitrogens with one attached hydrogen (secondary N) is 1. The van der Waals surface area contributed by atoms with E-state index in [1.54, 1.807) is 12.1 Å². The predicted molar refractivity (Wildman–Crippen MR) is 68.7 cm³/mol. The van der Waals surface area contributed by atoms with Crippen LogP contribution in [0.5, 0.6) is 0 Å². The van der Waals surface area contributed by atoms with Gasteiger partial charge in [-0.2, -0.15) is 0 Å². The Morgan fingerprint density at radius 3 is 2.60 bits per heavy atom. The maximum Gasteiger partial charge on any atom is 0.337 e. The zero-order valence-corrected chi connectivity index (χ0v) is 10.9. The minimum atomic E-state index is -0.850. The number of methoxy groups -OCH3 is 1. The number of rotatable bonds is 3. The van der Waals surface area contributed by atoms with Crippen molar-refractivity contribution in [2.24, 2.45) is 0 Å². The highest BCUT2D eigenvalue weighted by Gasteiger charge is 2.38. The summed E-state index contributed by atoms with van der Waals surface area (Å²) in [6.45, 7) is 0. The van der Waals surface area contributed by atoms with Gasteiger partial charge in [-0.05, 0) is 17.7 Å². The van der Waals surface area contributed by atoms with Gasteiger partial charge in [0.1, 0.15) is 6.04 Å². The second-order valence-electron chi connectivity index (χ2n) is 4.55. The molecule has 1 aromatic carbocycles. The van der Waals surface area contributed by atoms with Gasteiger partial charge in [0.05, 0.1) is 12.7 Å². The van der Waals surface area contributed by atoms with Gasteiger partial charge in [-0.15, -0.1) is 0 Å². The third-order valence-corrected chi connectivity index (χ3v) is 3.33. The molecule has 1 aliphatic rings. The summed E-state index contributed by atoms with van der Waals surface area (Å²) in [5.41, 5.74) is 0.962. The zero-order chi connectivity index (χ0) is 14.7. The number of amides is 1. The summed E-state index contributed by atoms with van der Waals surface area (Å²) in [5.74, 6) is -0.680. The minimum Gasteiger partial charge on any atom is -0.465 e. The largest absolute Gasteiger partial charge is 0.465 e. The van der Waals surface area contributed by atoms with Crippen molar-refractivity contribution >= 4 is 11.9 Å². The van der Waals surface area contributed by atoms with Crippen LogP contribution in [0.2, 0.25) is 0 Å². The van der Waals surface area contributed by atoms with Gasteiger partial charge in [0.2, 0.25) is 11.9 Å². The molecule has 2 atom stereocenters. The SMILES string of the molecule is COC(=O)c1ccc([C@@H]2NC(=O)CC[C@@H]2[N+](=O)[O-])cc1. The summed E-state index contributed by atoms with van der Waals surface area (Å²) >= 11 is 0. The van der Waals surface area contributed by atoms with Crippen molar-refractivity contribution in [2.75, 3.05) is 7.11 Å². The molecule has 0 aliphatic carbocycles. The fraction of sp³-hybridized carbons (Fsp3) is 0.385. The van der Waals surface area contributed by atoms with Crippen LogP contribution in [-0.4, -0.2) is 30.0 Å². The molecule has 20 heavy (non-hydrogen) atoms. The van der Waals surface area contributed by atoms with Crippen molar-refractivity contribution in [3.63, 3.8) is 0 Å². The summed E-state index contributed by atoms with van der Waals surface area (Å²) in [6, 6.07) is 4.73. The van der Waals surface area contributed by atoms with Crippen molar-refractivity contribution in [1.82, 2.24) is 5.32 Å². The van der Waals surface area contributed by atoms with Gasteiger partial charge in [-0.1, -0.05) is 12.1 Å². The first-order valence-electron chi connectivity index (χ1n) is 6.14.